The van der Waals surface area contributed by atoms with E-state index in [9.17, 15) is 9.59 Å². The lowest BCUT2D eigenvalue weighted by molar-refractivity contribution is -0.142. The molecule has 6 nitrogen and oxygen atoms in total. The summed E-state index contributed by atoms with van der Waals surface area (Å²) in [4.78, 5) is 24.0. The number of nitrogens with one attached hydrogen (secondary N) is 1. The van der Waals surface area contributed by atoms with Crippen molar-refractivity contribution in [2.45, 2.75) is 32.1 Å². The topological polar surface area (TPSA) is 73.9 Å². The van der Waals surface area contributed by atoms with Gasteiger partial charge in [-0.25, -0.2) is 4.79 Å². The third-order valence-electron chi connectivity index (χ3n) is 4.76. The van der Waals surface area contributed by atoms with Crippen molar-refractivity contribution in [2.24, 2.45) is 11.8 Å². The zero-order valence-electron chi connectivity index (χ0n) is 14.7. The molecule has 26 heavy (non-hydrogen) atoms. The number of rotatable bonds is 6. The molecule has 0 unspecified atom stereocenters. The van der Waals surface area contributed by atoms with Gasteiger partial charge in [-0.1, -0.05) is 5.57 Å². The van der Waals surface area contributed by atoms with E-state index in [1.54, 1.807) is 24.3 Å². The zero-order chi connectivity index (χ0) is 17.9. The van der Waals surface area contributed by atoms with E-state index in [-0.39, 0.29) is 12.5 Å². The Morgan fingerprint density at radius 1 is 1.08 bits per heavy atom. The Kier molecular flexibility index (Phi) is 4.82. The Balaban J connectivity index is 1.29. The molecule has 3 aliphatic rings. The molecule has 1 aromatic carbocycles. The van der Waals surface area contributed by atoms with E-state index in [4.69, 9.17) is 14.2 Å². The lowest BCUT2D eigenvalue weighted by Gasteiger charge is -2.10. The number of amides is 1. The van der Waals surface area contributed by atoms with Crippen LogP contribution in [-0.4, -0.2) is 31.7 Å². The second kappa shape index (κ2) is 7.40. The molecule has 0 spiro atoms. The summed E-state index contributed by atoms with van der Waals surface area (Å²) in [6, 6.07) is 5.23. The molecule has 1 amide bonds. The van der Waals surface area contributed by atoms with Crippen LogP contribution in [0.2, 0.25) is 0 Å². The van der Waals surface area contributed by atoms with Crippen molar-refractivity contribution in [3.8, 4) is 11.5 Å². The van der Waals surface area contributed by atoms with Crippen LogP contribution in [0.4, 0.5) is 5.69 Å². The quantitative estimate of drug-likeness (QED) is 0.626. The zero-order valence-corrected chi connectivity index (χ0v) is 14.7. The summed E-state index contributed by atoms with van der Waals surface area (Å²) in [5.74, 6) is 1.60. The molecule has 1 N–H and O–H groups in total. The fourth-order valence-corrected chi connectivity index (χ4v) is 3.15. The van der Waals surface area contributed by atoms with Crippen molar-refractivity contribution in [1.82, 2.24) is 0 Å². The number of fused-ring (bicyclic) bond motifs is 1. The van der Waals surface area contributed by atoms with Gasteiger partial charge in [0.2, 0.25) is 0 Å². The van der Waals surface area contributed by atoms with Gasteiger partial charge in [-0.15, -0.1) is 0 Å². The van der Waals surface area contributed by atoms with Crippen LogP contribution in [0.3, 0.4) is 0 Å². The highest BCUT2D eigenvalue weighted by molar-refractivity contribution is 5.94. The minimum Gasteiger partial charge on any atom is -0.490 e. The van der Waals surface area contributed by atoms with Crippen molar-refractivity contribution in [1.29, 1.82) is 0 Å². The molecule has 4 rings (SSSR count). The Hall–Kier alpha value is -2.50. The number of allylic oxidation sites excluding steroid dienone is 1. The maximum atomic E-state index is 12.1. The number of esters is 1. The first-order valence-electron chi connectivity index (χ1n) is 9.27. The number of hydrogen-bond donors (Lipinski definition) is 1. The lowest BCUT2D eigenvalue weighted by atomic mass is 10.1. The molecule has 2 saturated carbocycles. The van der Waals surface area contributed by atoms with E-state index in [1.807, 2.05) is 0 Å². The number of benzene rings is 1. The van der Waals surface area contributed by atoms with Crippen LogP contribution in [0.25, 0.3) is 0 Å². The van der Waals surface area contributed by atoms with Gasteiger partial charge < -0.3 is 19.5 Å². The molecule has 0 atom stereocenters. The van der Waals surface area contributed by atoms with E-state index in [2.05, 4.69) is 5.32 Å². The van der Waals surface area contributed by atoms with Gasteiger partial charge >= 0.3 is 5.97 Å². The predicted octanol–water partition coefficient (Wildman–Crippen LogP) is 3.08. The summed E-state index contributed by atoms with van der Waals surface area (Å²) in [5.41, 5.74) is 1.81. The van der Waals surface area contributed by atoms with Crippen molar-refractivity contribution in [3.05, 3.63) is 29.8 Å². The van der Waals surface area contributed by atoms with Gasteiger partial charge in [0.15, 0.2) is 18.1 Å². The number of anilines is 1. The van der Waals surface area contributed by atoms with Crippen LogP contribution in [-0.2, 0) is 14.3 Å². The number of ether oxygens (including phenoxy) is 3. The monoisotopic (exact) mass is 357 g/mol. The highest BCUT2D eigenvalue weighted by Crippen LogP contribution is 2.48. The van der Waals surface area contributed by atoms with E-state index in [0.29, 0.717) is 42.2 Å². The summed E-state index contributed by atoms with van der Waals surface area (Å²) in [7, 11) is 0. The first-order chi connectivity index (χ1) is 12.7. The molecule has 1 heterocycles. The minimum absolute atomic E-state index is 0.299. The highest BCUT2D eigenvalue weighted by atomic mass is 16.5. The van der Waals surface area contributed by atoms with Gasteiger partial charge in [-0.2, -0.15) is 0 Å². The smallest absolute Gasteiger partial charge is 0.331 e. The molecule has 0 radical (unpaired) electrons. The number of carbonyl (C=O) groups is 2. The lowest BCUT2D eigenvalue weighted by Crippen LogP contribution is -2.20. The third-order valence-corrected chi connectivity index (χ3v) is 4.76. The summed E-state index contributed by atoms with van der Waals surface area (Å²) in [6.07, 6.45) is 7.10. The van der Waals surface area contributed by atoms with Crippen molar-refractivity contribution in [3.63, 3.8) is 0 Å². The Morgan fingerprint density at radius 2 is 1.77 bits per heavy atom. The Morgan fingerprint density at radius 3 is 2.46 bits per heavy atom. The maximum Gasteiger partial charge on any atom is 0.331 e. The van der Waals surface area contributed by atoms with Gasteiger partial charge in [0.05, 0.1) is 13.2 Å². The molecule has 138 valence electrons. The normalized spacial score (nSPS) is 18.5. The van der Waals surface area contributed by atoms with Crippen molar-refractivity contribution in [2.75, 3.05) is 25.1 Å². The number of carbonyl (C=O) groups excluding carboxylic acids is 2. The van der Waals surface area contributed by atoms with E-state index < -0.39 is 5.97 Å². The van der Waals surface area contributed by atoms with E-state index >= 15 is 0 Å². The molecule has 0 saturated heterocycles. The molecular formula is C20H23NO5. The van der Waals surface area contributed by atoms with E-state index in [1.165, 1.54) is 31.3 Å². The summed E-state index contributed by atoms with van der Waals surface area (Å²) in [6.45, 7) is 0.900. The molecule has 1 aromatic rings. The summed E-state index contributed by atoms with van der Waals surface area (Å²) >= 11 is 0. The average molecular weight is 357 g/mol. The second-order valence-electron chi connectivity index (χ2n) is 7.06. The maximum absolute atomic E-state index is 12.1. The van der Waals surface area contributed by atoms with Gasteiger partial charge in [-0.3, -0.25) is 4.79 Å². The van der Waals surface area contributed by atoms with Crippen LogP contribution < -0.4 is 14.8 Å². The van der Waals surface area contributed by atoms with Gasteiger partial charge in [0.1, 0.15) is 0 Å². The third kappa shape index (κ3) is 4.36. The average Bonchev–Trinajstić information content (AvgIpc) is 3.50. The molecule has 0 bridgehead atoms. The highest BCUT2D eigenvalue weighted by Gasteiger charge is 2.36. The predicted molar refractivity (Wildman–Crippen MR) is 95.2 cm³/mol. The van der Waals surface area contributed by atoms with Crippen LogP contribution in [0.15, 0.2) is 29.8 Å². The molecular weight excluding hydrogens is 334 g/mol. The second-order valence-corrected chi connectivity index (χ2v) is 7.06. The summed E-state index contributed by atoms with van der Waals surface area (Å²) in [5, 5.41) is 2.72. The van der Waals surface area contributed by atoms with Crippen molar-refractivity contribution >= 4 is 17.6 Å². The van der Waals surface area contributed by atoms with Crippen molar-refractivity contribution < 1.29 is 23.8 Å². The SMILES string of the molecule is O=C(COC(=O)C=C(C1CC1)C1CC1)Nc1ccc2c(c1)OCCCO2. The first kappa shape index (κ1) is 16.9. The summed E-state index contributed by atoms with van der Waals surface area (Å²) < 4.78 is 16.3. The first-order valence-corrected chi connectivity index (χ1v) is 9.27. The molecule has 6 heteroatoms. The Labute approximate surface area is 152 Å². The van der Waals surface area contributed by atoms with Crippen LogP contribution in [0, 0.1) is 11.8 Å². The van der Waals surface area contributed by atoms with Crippen LogP contribution >= 0.6 is 0 Å². The fraction of sp³-hybridized carbons (Fsp3) is 0.500. The number of hydrogen-bond acceptors (Lipinski definition) is 5. The largest absolute Gasteiger partial charge is 0.490 e. The van der Waals surface area contributed by atoms with Gasteiger partial charge in [-0.05, 0) is 49.7 Å². The van der Waals surface area contributed by atoms with E-state index in [0.717, 1.165) is 6.42 Å². The van der Waals surface area contributed by atoms with Gasteiger partial charge in [0, 0.05) is 24.3 Å². The Bertz CT molecular complexity index is 720. The standard InChI is InChI=1S/C20H23NO5/c22-19(12-26-20(23)11-16(13-2-3-13)14-4-5-14)21-15-6-7-17-18(10-15)25-9-1-8-24-17/h6-7,10-11,13-14H,1-5,8-9,12H2,(H,21,22). The van der Waals surface area contributed by atoms with Gasteiger partial charge in [0.25, 0.3) is 5.91 Å². The molecule has 2 aliphatic carbocycles. The molecule has 1 aliphatic heterocycles. The van der Waals surface area contributed by atoms with Crippen LogP contribution in [0.1, 0.15) is 32.1 Å². The molecule has 2 fully saturated rings. The van der Waals surface area contributed by atoms with Crippen LogP contribution in [0.5, 0.6) is 11.5 Å². The minimum atomic E-state index is -0.424. The fourth-order valence-electron chi connectivity index (χ4n) is 3.15. The molecule has 0 aromatic heterocycles.